The van der Waals surface area contributed by atoms with Crippen molar-refractivity contribution in [2.24, 2.45) is 0 Å². The number of carbonyl (C=O) groups excluding carboxylic acids is 3. The molecule has 5 nitrogen and oxygen atoms in total. The van der Waals surface area contributed by atoms with Gasteiger partial charge in [-0.05, 0) is 35.9 Å². The van der Waals surface area contributed by atoms with E-state index in [1.807, 2.05) is 0 Å². The highest BCUT2D eigenvalue weighted by Gasteiger charge is 2.27. The first-order valence-corrected chi connectivity index (χ1v) is 7.57. The zero-order chi connectivity index (χ0) is 16.6. The molecule has 2 N–H and O–H groups in total. The summed E-state index contributed by atoms with van der Waals surface area (Å²) in [6, 6.07) is 10.1. The summed E-state index contributed by atoms with van der Waals surface area (Å²) in [5.74, 6) is -1.81. The number of imide groups is 1. The zero-order valence-electron chi connectivity index (χ0n) is 11.6. The minimum Gasteiger partial charge on any atom is -0.325 e. The Kier molecular flexibility index (Phi) is 3.96. The molecule has 2 aromatic carbocycles. The van der Waals surface area contributed by atoms with E-state index in [0.29, 0.717) is 11.3 Å². The van der Waals surface area contributed by atoms with Crippen molar-refractivity contribution in [1.29, 1.82) is 0 Å². The molecule has 0 bridgehead atoms. The molecule has 23 heavy (non-hydrogen) atoms. The van der Waals surface area contributed by atoms with Gasteiger partial charge < -0.3 is 5.32 Å². The van der Waals surface area contributed by atoms with Gasteiger partial charge in [-0.2, -0.15) is 0 Å². The van der Waals surface area contributed by atoms with Gasteiger partial charge in [0.2, 0.25) is 5.91 Å². The number of carbonyl (C=O) groups is 3. The molecule has 116 valence electrons. The van der Waals surface area contributed by atoms with Gasteiger partial charge in [0.05, 0.1) is 11.1 Å². The fourth-order valence-electron chi connectivity index (χ4n) is 2.27. The van der Waals surface area contributed by atoms with Crippen LogP contribution in [0.2, 0.25) is 0 Å². The Balaban J connectivity index is 1.80. The zero-order valence-corrected chi connectivity index (χ0v) is 13.2. The SMILES string of the molecule is O=C1NC(=O)c2cc(NC(=O)C(Br)c3cccc(F)c3)ccc21. The van der Waals surface area contributed by atoms with Crippen LogP contribution in [-0.2, 0) is 4.79 Å². The molecule has 2 aromatic rings. The van der Waals surface area contributed by atoms with Gasteiger partial charge in [0.25, 0.3) is 11.8 Å². The molecular formula is C16H10BrFN2O3. The van der Waals surface area contributed by atoms with Crippen molar-refractivity contribution >= 4 is 39.3 Å². The van der Waals surface area contributed by atoms with Gasteiger partial charge in [0.15, 0.2) is 0 Å². The molecule has 0 aliphatic carbocycles. The molecule has 0 fully saturated rings. The molecule has 0 spiro atoms. The number of halogens is 2. The summed E-state index contributed by atoms with van der Waals surface area (Å²) < 4.78 is 13.2. The van der Waals surface area contributed by atoms with E-state index in [1.54, 1.807) is 6.07 Å². The molecule has 7 heteroatoms. The molecule has 1 atom stereocenters. The van der Waals surface area contributed by atoms with E-state index in [0.717, 1.165) is 0 Å². The second kappa shape index (κ2) is 5.92. The maximum Gasteiger partial charge on any atom is 0.259 e. The fourth-order valence-corrected chi connectivity index (χ4v) is 2.67. The van der Waals surface area contributed by atoms with Crippen molar-refractivity contribution in [1.82, 2.24) is 5.32 Å². The second-order valence-electron chi connectivity index (χ2n) is 4.95. The Bertz CT molecular complexity index is 838. The van der Waals surface area contributed by atoms with E-state index >= 15 is 0 Å². The largest absolute Gasteiger partial charge is 0.325 e. The van der Waals surface area contributed by atoms with E-state index in [-0.39, 0.29) is 11.1 Å². The molecule has 0 saturated carbocycles. The highest BCUT2D eigenvalue weighted by Crippen LogP contribution is 2.26. The van der Waals surface area contributed by atoms with Gasteiger partial charge >= 0.3 is 0 Å². The Morgan fingerprint density at radius 1 is 1.09 bits per heavy atom. The molecule has 3 amide bonds. The first kappa shape index (κ1) is 15.4. The normalized spacial score (nSPS) is 14.2. The number of nitrogens with one attached hydrogen (secondary N) is 2. The van der Waals surface area contributed by atoms with Crippen LogP contribution in [0, 0.1) is 5.82 Å². The summed E-state index contributed by atoms with van der Waals surface area (Å²) in [5, 5.41) is 4.80. The summed E-state index contributed by atoms with van der Waals surface area (Å²) in [6.45, 7) is 0. The Hall–Kier alpha value is -2.54. The van der Waals surface area contributed by atoms with E-state index < -0.39 is 28.4 Å². The van der Waals surface area contributed by atoms with Crippen LogP contribution >= 0.6 is 15.9 Å². The lowest BCUT2D eigenvalue weighted by molar-refractivity contribution is -0.115. The summed E-state index contributed by atoms with van der Waals surface area (Å²) in [6.07, 6.45) is 0. The third-order valence-electron chi connectivity index (χ3n) is 3.37. The minimum atomic E-state index is -0.748. The summed E-state index contributed by atoms with van der Waals surface area (Å²) in [7, 11) is 0. The molecule has 1 aliphatic rings. The molecule has 0 aromatic heterocycles. The molecular weight excluding hydrogens is 367 g/mol. The first-order chi connectivity index (χ1) is 11.0. The number of rotatable bonds is 3. The van der Waals surface area contributed by atoms with Gasteiger partial charge in [-0.25, -0.2) is 4.39 Å². The standard InChI is InChI=1S/C16H10BrFN2O3/c17-13(8-2-1-3-9(18)6-8)16(23)19-10-4-5-11-12(7-10)15(22)20-14(11)21/h1-7,13H,(H,19,23)(H,20,21,22). The molecule has 0 saturated heterocycles. The van der Waals surface area contributed by atoms with Gasteiger partial charge in [-0.1, -0.05) is 28.1 Å². The quantitative estimate of drug-likeness (QED) is 0.638. The summed E-state index contributed by atoms with van der Waals surface area (Å²) in [4.78, 5) is 34.6. The van der Waals surface area contributed by atoms with Gasteiger partial charge in [-0.3, -0.25) is 19.7 Å². The van der Waals surface area contributed by atoms with Gasteiger partial charge in [0, 0.05) is 5.69 Å². The van der Waals surface area contributed by atoms with E-state index in [2.05, 4.69) is 26.6 Å². The number of benzene rings is 2. The number of hydrogen-bond acceptors (Lipinski definition) is 3. The highest BCUT2D eigenvalue weighted by atomic mass is 79.9. The average molecular weight is 377 g/mol. The predicted molar refractivity (Wildman–Crippen MR) is 84.9 cm³/mol. The van der Waals surface area contributed by atoms with Crippen LogP contribution in [0.5, 0.6) is 0 Å². The van der Waals surface area contributed by atoms with Crippen molar-refractivity contribution in [3.05, 3.63) is 65.0 Å². The van der Waals surface area contributed by atoms with E-state index in [9.17, 15) is 18.8 Å². The van der Waals surface area contributed by atoms with Crippen LogP contribution in [0.15, 0.2) is 42.5 Å². The number of fused-ring (bicyclic) bond motifs is 1. The Labute approximate surface area is 139 Å². The Morgan fingerprint density at radius 2 is 1.83 bits per heavy atom. The van der Waals surface area contributed by atoms with Gasteiger partial charge in [0.1, 0.15) is 10.6 Å². The van der Waals surface area contributed by atoms with E-state index in [4.69, 9.17) is 0 Å². The number of amides is 3. The van der Waals surface area contributed by atoms with Gasteiger partial charge in [-0.15, -0.1) is 0 Å². The molecule has 1 unspecified atom stereocenters. The lowest BCUT2D eigenvalue weighted by Crippen LogP contribution is -2.20. The maximum absolute atomic E-state index is 13.2. The van der Waals surface area contributed by atoms with Crippen LogP contribution in [0.4, 0.5) is 10.1 Å². The minimum absolute atomic E-state index is 0.213. The predicted octanol–water partition coefficient (Wildman–Crippen LogP) is 2.78. The van der Waals surface area contributed by atoms with Crippen LogP contribution in [0.25, 0.3) is 0 Å². The summed E-state index contributed by atoms with van der Waals surface area (Å²) >= 11 is 3.21. The van der Waals surface area contributed by atoms with Crippen molar-refractivity contribution in [2.75, 3.05) is 5.32 Å². The maximum atomic E-state index is 13.2. The van der Waals surface area contributed by atoms with Crippen molar-refractivity contribution in [3.63, 3.8) is 0 Å². The number of alkyl halides is 1. The third-order valence-corrected chi connectivity index (χ3v) is 4.32. The summed E-state index contributed by atoms with van der Waals surface area (Å²) in [5.41, 5.74) is 1.33. The van der Waals surface area contributed by atoms with Crippen LogP contribution < -0.4 is 10.6 Å². The lowest BCUT2D eigenvalue weighted by Gasteiger charge is -2.11. The molecule has 1 aliphatic heterocycles. The van der Waals surface area contributed by atoms with Crippen LogP contribution in [0.3, 0.4) is 0 Å². The van der Waals surface area contributed by atoms with Crippen molar-refractivity contribution in [3.8, 4) is 0 Å². The average Bonchev–Trinajstić information content (AvgIpc) is 2.81. The molecule has 1 heterocycles. The van der Waals surface area contributed by atoms with Crippen molar-refractivity contribution in [2.45, 2.75) is 4.83 Å². The van der Waals surface area contributed by atoms with Crippen molar-refractivity contribution < 1.29 is 18.8 Å². The first-order valence-electron chi connectivity index (χ1n) is 6.66. The molecule has 3 rings (SSSR count). The Morgan fingerprint density at radius 3 is 2.57 bits per heavy atom. The van der Waals surface area contributed by atoms with Crippen LogP contribution in [0.1, 0.15) is 31.1 Å². The lowest BCUT2D eigenvalue weighted by atomic mass is 10.1. The van der Waals surface area contributed by atoms with Crippen LogP contribution in [-0.4, -0.2) is 17.7 Å². The third kappa shape index (κ3) is 3.00. The monoisotopic (exact) mass is 376 g/mol. The fraction of sp³-hybridized carbons (Fsp3) is 0.0625. The number of hydrogen-bond donors (Lipinski definition) is 2. The second-order valence-corrected chi connectivity index (χ2v) is 5.87. The molecule has 0 radical (unpaired) electrons. The smallest absolute Gasteiger partial charge is 0.259 e. The highest BCUT2D eigenvalue weighted by molar-refractivity contribution is 9.09. The number of anilines is 1. The topological polar surface area (TPSA) is 75.3 Å². The van der Waals surface area contributed by atoms with E-state index in [1.165, 1.54) is 36.4 Å².